The van der Waals surface area contributed by atoms with Crippen molar-refractivity contribution in [1.29, 1.82) is 0 Å². The van der Waals surface area contributed by atoms with E-state index in [0.29, 0.717) is 12.8 Å². The molecule has 1 heterocycles. The molecular formula is C38H65F2N5O7. The van der Waals surface area contributed by atoms with Gasteiger partial charge in [0.15, 0.2) is 0 Å². The van der Waals surface area contributed by atoms with E-state index in [1.165, 1.54) is 36.5 Å². The van der Waals surface area contributed by atoms with Gasteiger partial charge in [-0.1, -0.05) is 60.5 Å². The van der Waals surface area contributed by atoms with Crippen molar-refractivity contribution in [1.82, 2.24) is 25.3 Å². The lowest BCUT2D eigenvalue weighted by molar-refractivity contribution is -0.145. The molecule has 1 fully saturated rings. The zero-order chi connectivity index (χ0) is 39.7. The lowest BCUT2D eigenvalue weighted by atomic mass is 9.94. The van der Waals surface area contributed by atoms with Gasteiger partial charge in [-0.15, -0.1) is 0 Å². The number of benzene rings is 1. The van der Waals surface area contributed by atoms with Gasteiger partial charge in [-0.3, -0.25) is 24.1 Å². The Balaban J connectivity index is 0.00000434. The van der Waals surface area contributed by atoms with Crippen LogP contribution in [0.5, 0.6) is 0 Å². The van der Waals surface area contributed by atoms with Crippen LogP contribution in [-0.4, -0.2) is 135 Å². The molecule has 0 aromatic heterocycles. The number of halogens is 2. The number of carbonyl (C=O) groups is 4. The number of aliphatic hydroxyl groups is 1. The standard InChI is InChI=1S/C35H57F2N5O7.C3H8/c1-10-12-27(41(7)31(45)19-39-35(47)32(21(2)3)40(5)6)29(48-8)18-30(44)42-20-23(43)17-28(42)33(49-9)22(4)34(46)38-16-15-24-25(36)13-11-14-26(24)37;1-3-2/h11,13-14,21-23,27-29,32-33,43H,10,12,15-20H2,1-9H3,(H,38,46)(H,39,47);3H2,1-2H3/t22?,23?,27-,28?,29?,32?,33?;/m0./s1. The van der Waals surface area contributed by atoms with Crippen LogP contribution in [0, 0.1) is 23.5 Å². The van der Waals surface area contributed by atoms with Crippen LogP contribution in [0.1, 0.15) is 79.2 Å². The molecule has 14 heteroatoms. The van der Waals surface area contributed by atoms with Crippen molar-refractivity contribution in [2.75, 3.05) is 55.0 Å². The maximum atomic E-state index is 14.0. The van der Waals surface area contributed by atoms with Gasteiger partial charge in [0.05, 0.1) is 55.3 Å². The van der Waals surface area contributed by atoms with Gasteiger partial charge in [0.25, 0.3) is 0 Å². The molecule has 1 aliphatic heterocycles. The third-order valence-corrected chi connectivity index (χ3v) is 9.39. The van der Waals surface area contributed by atoms with E-state index in [1.807, 2.05) is 34.9 Å². The Morgan fingerprint density at radius 2 is 1.58 bits per heavy atom. The molecule has 0 saturated carbocycles. The predicted octanol–water partition coefficient (Wildman–Crippen LogP) is 3.39. The molecular weight excluding hydrogens is 676 g/mol. The van der Waals surface area contributed by atoms with Crippen molar-refractivity contribution in [3.05, 3.63) is 35.4 Å². The summed E-state index contributed by atoms with van der Waals surface area (Å²) in [5, 5.41) is 16.1. The summed E-state index contributed by atoms with van der Waals surface area (Å²) in [5.74, 6) is -3.44. The van der Waals surface area contributed by atoms with Crippen LogP contribution in [0.2, 0.25) is 0 Å². The maximum absolute atomic E-state index is 14.0. The smallest absolute Gasteiger partial charge is 0.242 e. The predicted molar refractivity (Wildman–Crippen MR) is 197 cm³/mol. The fraction of sp³-hybridized carbons (Fsp3) is 0.737. The molecule has 52 heavy (non-hydrogen) atoms. The molecule has 6 unspecified atom stereocenters. The molecule has 1 saturated heterocycles. The quantitative estimate of drug-likeness (QED) is 0.196. The number of methoxy groups -OCH3 is 2. The average Bonchev–Trinajstić information content (AvgIpc) is 3.47. The Bertz CT molecular complexity index is 1240. The van der Waals surface area contributed by atoms with Crippen LogP contribution in [0.3, 0.4) is 0 Å². The van der Waals surface area contributed by atoms with E-state index in [2.05, 4.69) is 24.5 Å². The van der Waals surface area contributed by atoms with Crippen molar-refractivity contribution >= 4 is 23.6 Å². The molecule has 3 N–H and O–H groups in total. The first-order chi connectivity index (χ1) is 24.5. The molecule has 1 aromatic rings. The second kappa shape index (κ2) is 23.5. The summed E-state index contributed by atoms with van der Waals surface area (Å²) in [6.45, 7) is 11.5. The summed E-state index contributed by atoms with van der Waals surface area (Å²) in [4.78, 5) is 57.8. The number of likely N-dealkylation sites (N-methyl/N-ethyl adjacent to an activating group) is 2. The molecule has 0 aliphatic carbocycles. The second-order valence-electron chi connectivity index (χ2n) is 14.1. The largest absolute Gasteiger partial charge is 0.391 e. The Morgan fingerprint density at radius 1 is 0.981 bits per heavy atom. The average molecular weight is 742 g/mol. The van der Waals surface area contributed by atoms with Crippen LogP contribution < -0.4 is 10.6 Å². The van der Waals surface area contributed by atoms with E-state index in [0.717, 1.165) is 12.1 Å². The first-order valence-corrected chi connectivity index (χ1v) is 18.4. The van der Waals surface area contributed by atoms with E-state index in [1.54, 1.807) is 18.9 Å². The molecule has 2 rings (SSSR count). The molecule has 0 radical (unpaired) electrons. The van der Waals surface area contributed by atoms with Crippen molar-refractivity contribution in [2.24, 2.45) is 11.8 Å². The van der Waals surface area contributed by atoms with Gasteiger partial charge in [0.1, 0.15) is 11.6 Å². The monoisotopic (exact) mass is 741 g/mol. The zero-order valence-electron chi connectivity index (χ0n) is 33.2. The number of likely N-dealkylation sites (tertiary alicyclic amines) is 1. The number of β-amino-alcohol motifs (C(OH)–C–C–N with tert-alkyl or cyclic N) is 1. The Morgan fingerprint density at radius 3 is 2.08 bits per heavy atom. The number of amides is 4. The molecule has 1 aliphatic rings. The van der Waals surface area contributed by atoms with Crippen molar-refractivity contribution in [2.45, 2.75) is 117 Å². The minimum Gasteiger partial charge on any atom is -0.391 e. The lowest BCUT2D eigenvalue weighted by Gasteiger charge is -2.37. The lowest BCUT2D eigenvalue weighted by Crippen LogP contribution is -2.53. The highest BCUT2D eigenvalue weighted by molar-refractivity contribution is 5.87. The van der Waals surface area contributed by atoms with E-state index in [-0.39, 0.29) is 68.1 Å². The van der Waals surface area contributed by atoms with Crippen molar-refractivity contribution in [3.8, 4) is 0 Å². The van der Waals surface area contributed by atoms with Gasteiger partial charge >= 0.3 is 0 Å². The Hall–Kier alpha value is -3.20. The summed E-state index contributed by atoms with van der Waals surface area (Å²) in [5.41, 5.74) is -0.121. The molecule has 0 bridgehead atoms. The van der Waals surface area contributed by atoms with E-state index in [4.69, 9.17) is 9.47 Å². The molecule has 12 nitrogen and oxygen atoms in total. The first-order valence-electron chi connectivity index (χ1n) is 18.4. The van der Waals surface area contributed by atoms with Gasteiger partial charge in [0.2, 0.25) is 23.6 Å². The van der Waals surface area contributed by atoms with Crippen molar-refractivity contribution in [3.63, 3.8) is 0 Å². The topological polar surface area (TPSA) is 141 Å². The fourth-order valence-electron chi connectivity index (χ4n) is 6.83. The van der Waals surface area contributed by atoms with Crippen LogP contribution >= 0.6 is 0 Å². The third kappa shape index (κ3) is 13.7. The highest BCUT2D eigenvalue weighted by Crippen LogP contribution is 2.29. The third-order valence-electron chi connectivity index (χ3n) is 9.39. The second-order valence-corrected chi connectivity index (χ2v) is 14.1. The number of aliphatic hydroxyl groups excluding tert-OH is 1. The summed E-state index contributed by atoms with van der Waals surface area (Å²) >= 11 is 0. The van der Waals surface area contributed by atoms with Gasteiger partial charge in [-0.25, -0.2) is 8.78 Å². The van der Waals surface area contributed by atoms with Gasteiger partial charge < -0.3 is 35.0 Å². The van der Waals surface area contributed by atoms with Gasteiger partial charge in [0, 0.05) is 39.9 Å². The summed E-state index contributed by atoms with van der Waals surface area (Å²) in [6.07, 6.45) is 0.195. The highest BCUT2D eigenvalue weighted by atomic mass is 19.1. The van der Waals surface area contributed by atoms with Crippen molar-refractivity contribution < 1.29 is 42.5 Å². The minimum atomic E-state index is -0.844. The summed E-state index contributed by atoms with van der Waals surface area (Å²) in [7, 11) is 8.14. The van der Waals surface area contributed by atoms with Crippen LogP contribution in [-0.2, 0) is 35.1 Å². The van der Waals surface area contributed by atoms with E-state index < -0.39 is 59.9 Å². The van der Waals surface area contributed by atoms with Gasteiger partial charge in [-0.2, -0.15) is 0 Å². The van der Waals surface area contributed by atoms with Crippen LogP contribution in [0.4, 0.5) is 8.78 Å². The number of hydrogen-bond acceptors (Lipinski definition) is 8. The number of hydrogen-bond donors (Lipinski definition) is 3. The number of carbonyl (C=O) groups excluding carboxylic acids is 4. The summed E-state index contributed by atoms with van der Waals surface area (Å²) in [6, 6.07) is 2.07. The number of nitrogens with one attached hydrogen (secondary N) is 2. The number of rotatable bonds is 19. The fourth-order valence-corrected chi connectivity index (χ4v) is 6.83. The molecule has 1 aromatic carbocycles. The highest BCUT2D eigenvalue weighted by Gasteiger charge is 2.44. The molecule has 7 atom stereocenters. The SMILES string of the molecule is CCC.CCC[C@@H](C(CC(=O)N1CC(O)CC1C(OC)C(C)C(=O)NCCc1c(F)cccc1F)OC)N(C)C(=O)CNC(=O)C(C(C)C)N(C)C. The van der Waals surface area contributed by atoms with Gasteiger partial charge in [-0.05, 0) is 51.4 Å². The Kier molecular flexibility index (Phi) is 21.1. The first kappa shape index (κ1) is 46.8. The normalized spacial score (nSPS) is 18.6. The molecule has 298 valence electrons. The maximum Gasteiger partial charge on any atom is 0.242 e. The summed E-state index contributed by atoms with van der Waals surface area (Å²) < 4.78 is 39.6. The number of ether oxygens (including phenoxy) is 2. The van der Waals surface area contributed by atoms with E-state index in [9.17, 15) is 33.1 Å². The number of nitrogens with zero attached hydrogens (tertiary/aromatic N) is 3. The van der Waals surface area contributed by atoms with Crippen LogP contribution in [0.15, 0.2) is 18.2 Å². The molecule has 4 amide bonds. The Labute approximate surface area is 309 Å². The zero-order valence-corrected chi connectivity index (χ0v) is 33.2. The van der Waals surface area contributed by atoms with Crippen LogP contribution in [0.25, 0.3) is 0 Å². The van der Waals surface area contributed by atoms with E-state index >= 15 is 0 Å². The molecule has 0 spiro atoms. The minimum absolute atomic E-state index is 0.00832.